The molecule has 8 heteroatoms. The molecule has 1 amide bonds. The molecule has 1 aromatic carbocycles. The number of aryl methyl sites for hydroxylation is 1. The van der Waals surface area contributed by atoms with Gasteiger partial charge in [-0.05, 0) is 36.8 Å². The maximum Gasteiger partial charge on any atom is 0.332 e. The molecule has 1 saturated heterocycles. The fourth-order valence-electron chi connectivity index (χ4n) is 4.14. The molecule has 1 aliphatic heterocycles. The Labute approximate surface area is 184 Å². The Kier molecular flexibility index (Phi) is 6.27. The highest BCUT2D eigenvalue weighted by atomic mass is 32.2. The van der Waals surface area contributed by atoms with Gasteiger partial charge in [-0.15, -0.1) is 11.8 Å². The number of carbonyl (C=O) groups is 1. The summed E-state index contributed by atoms with van der Waals surface area (Å²) < 4.78 is 2.44. The maximum atomic E-state index is 12.8. The van der Waals surface area contributed by atoms with Gasteiger partial charge >= 0.3 is 5.69 Å². The van der Waals surface area contributed by atoms with Crippen LogP contribution in [-0.4, -0.2) is 43.8 Å². The lowest BCUT2D eigenvalue weighted by Gasteiger charge is -2.32. The van der Waals surface area contributed by atoms with Gasteiger partial charge in [0, 0.05) is 38.3 Å². The molecule has 162 valence electrons. The van der Waals surface area contributed by atoms with E-state index in [-0.39, 0.29) is 17.2 Å². The van der Waals surface area contributed by atoms with Crippen LogP contribution in [0.5, 0.6) is 0 Å². The first kappa shape index (κ1) is 21.4. The number of fused-ring (bicyclic) bond motifs is 1. The van der Waals surface area contributed by atoms with Crippen LogP contribution >= 0.6 is 11.8 Å². The minimum Gasteiger partial charge on any atom is -0.342 e. The molecule has 3 heterocycles. The predicted molar refractivity (Wildman–Crippen MR) is 122 cm³/mol. The van der Waals surface area contributed by atoms with Crippen molar-refractivity contribution in [1.82, 2.24) is 19.0 Å². The van der Waals surface area contributed by atoms with Crippen molar-refractivity contribution in [3.8, 4) is 0 Å². The smallest absolute Gasteiger partial charge is 0.332 e. The monoisotopic (exact) mass is 438 g/mol. The van der Waals surface area contributed by atoms with Crippen molar-refractivity contribution in [2.24, 2.45) is 20.0 Å². The zero-order valence-corrected chi connectivity index (χ0v) is 18.6. The molecule has 0 unspecified atom stereocenters. The molecule has 0 radical (unpaired) electrons. The van der Waals surface area contributed by atoms with Gasteiger partial charge in [0.25, 0.3) is 5.56 Å². The zero-order chi connectivity index (χ0) is 22.0. The predicted octanol–water partition coefficient (Wildman–Crippen LogP) is 2.21. The van der Waals surface area contributed by atoms with Crippen molar-refractivity contribution in [1.29, 1.82) is 0 Å². The number of aromatic nitrogens is 3. The Balaban J connectivity index is 1.40. The highest BCUT2D eigenvalue weighted by Gasteiger charge is 2.23. The molecular formula is C23H26N4O3S. The lowest BCUT2D eigenvalue weighted by Crippen LogP contribution is -2.40. The quantitative estimate of drug-likeness (QED) is 0.571. The van der Waals surface area contributed by atoms with E-state index >= 15 is 0 Å². The van der Waals surface area contributed by atoms with Gasteiger partial charge in [0.1, 0.15) is 5.65 Å². The number of pyridine rings is 1. The number of amides is 1. The topological polar surface area (TPSA) is 77.2 Å². The van der Waals surface area contributed by atoms with Crippen LogP contribution in [0, 0.1) is 5.92 Å². The fourth-order valence-corrected chi connectivity index (χ4v) is 5.09. The average Bonchev–Trinajstić information content (AvgIpc) is 2.80. The van der Waals surface area contributed by atoms with Gasteiger partial charge in [-0.25, -0.2) is 9.78 Å². The lowest BCUT2D eigenvalue weighted by molar-refractivity contribution is -0.129. The Bertz CT molecular complexity index is 1210. The number of piperidine rings is 1. The minimum absolute atomic E-state index is 0.0785. The number of nitrogens with zero attached hydrogens (tertiary/aromatic N) is 4. The number of hydrogen-bond acceptors (Lipinski definition) is 5. The third-order valence-electron chi connectivity index (χ3n) is 5.99. The van der Waals surface area contributed by atoms with Gasteiger partial charge in [0.15, 0.2) is 0 Å². The lowest BCUT2D eigenvalue weighted by atomic mass is 9.90. The van der Waals surface area contributed by atoms with E-state index in [1.54, 1.807) is 19.3 Å². The Morgan fingerprint density at radius 3 is 2.48 bits per heavy atom. The normalized spacial score (nSPS) is 14.8. The molecule has 0 bridgehead atoms. The fraction of sp³-hybridized carbons (Fsp3) is 0.391. The van der Waals surface area contributed by atoms with Crippen LogP contribution in [0.4, 0.5) is 0 Å². The Morgan fingerprint density at radius 1 is 1.06 bits per heavy atom. The van der Waals surface area contributed by atoms with E-state index < -0.39 is 5.69 Å². The highest BCUT2D eigenvalue weighted by molar-refractivity contribution is 8.00. The molecule has 3 aromatic rings. The van der Waals surface area contributed by atoms with Crippen LogP contribution in [0.3, 0.4) is 0 Å². The molecule has 1 fully saturated rings. The molecule has 0 N–H and O–H groups in total. The summed E-state index contributed by atoms with van der Waals surface area (Å²) in [6.07, 6.45) is 4.64. The largest absolute Gasteiger partial charge is 0.342 e. The molecule has 0 spiro atoms. The van der Waals surface area contributed by atoms with Crippen LogP contribution in [0.15, 0.2) is 57.1 Å². The number of benzene rings is 1. The molecule has 0 aliphatic carbocycles. The third kappa shape index (κ3) is 4.44. The number of hydrogen-bond donors (Lipinski definition) is 0. The third-order valence-corrected chi connectivity index (χ3v) is 7.03. The highest BCUT2D eigenvalue weighted by Crippen LogP contribution is 2.26. The number of rotatable bonds is 5. The zero-order valence-electron chi connectivity index (χ0n) is 17.8. The molecule has 0 saturated carbocycles. The number of thioether (sulfide) groups is 1. The summed E-state index contributed by atoms with van der Waals surface area (Å²) in [6.45, 7) is 1.54. The van der Waals surface area contributed by atoms with Crippen molar-refractivity contribution < 1.29 is 4.79 Å². The van der Waals surface area contributed by atoms with E-state index in [0.717, 1.165) is 36.9 Å². The molecule has 2 aromatic heterocycles. The summed E-state index contributed by atoms with van der Waals surface area (Å²) in [4.78, 5) is 44.4. The Morgan fingerprint density at radius 2 is 1.77 bits per heavy atom. The van der Waals surface area contributed by atoms with E-state index in [2.05, 4.69) is 29.2 Å². The van der Waals surface area contributed by atoms with Crippen molar-refractivity contribution in [2.45, 2.75) is 24.2 Å². The van der Waals surface area contributed by atoms with Gasteiger partial charge in [-0.2, -0.15) is 0 Å². The number of likely N-dealkylation sites (tertiary alicyclic amines) is 1. The van der Waals surface area contributed by atoms with Crippen molar-refractivity contribution in [2.75, 3.05) is 18.8 Å². The van der Waals surface area contributed by atoms with E-state index in [4.69, 9.17) is 0 Å². The first-order chi connectivity index (χ1) is 15.0. The summed E-state index contributed by atoms with van der Waals surface area (Å²) in [5.41, 5.74) is 0.889. The van der Waals surface area contributed by atoms with Crippen molar-refractivity contribution in [3.05, 3.63) is 69.0 Å². The van der Waals surface area contributed by atoms with Gasteiger partial charge in [0.05, 0.1) is 11.1 Å². The molecule has 4 rings (SSSR count). The second kappa shape index (κ2) is 9.09. The second-order valence-electron chi connectivity index (χ2n) is 8.02. The van der Waals surface area contributed by atoms with E-state index in [1.165, 1.54) is 28.9 Å². The van der Waals surface area contributed by atoms with E-state index in [9.17, 15) is 14.4 Å². The molecule has 31 heavy (non-hydrogen) atoms. The van der Waals surface area contributed by atoms with Crippen molar-refractivity contribution >= 4 is 28.7 Å². The van der Waals surface area contributed by atoms with Gasteiger partial charge in [0.2, 0.25) is 5.91 Å². The van der Waals surface area contributed by atoms with Crippen LogP contribution in [0.2, 0.25) is 0 Å². The van der Waals surface area contributed by atoms with E-state index in [1.807, 2.05) is 11.0 Å². The Hall–Kier alpha value is -2.87. The van der Waals surface area contributed by atoms with Crippen LogP contribution in [-0.2, 0) is 25.3 Å². The standard InChI is InChI=1S/C23H26N4O3S/c1-25-21-20(22(29)26(2)23(25)30)18(8-11-24-21)31-15-19(28)27-12-9-17(10-13-27)14-16-6-4-3-5-7-16/h3-8,11,17H,9-10,12-15H2,1-2H3. The van der Waals surface area contributed by atoms with Crippen molar-refractivity contribution in [3.63, 3.8) is 0 Å². The first-order valence-corrected chi connectivity index (χ1v) is 11.4. The van der Waals surface area contributed by atoms with Crippen LogP contribution in [0.25, 0.3) is 11.0 Å². The van der Waals surface area contributed by atoms with Gasteiger partial charge < -0.3 is 4.90 Å². The minimum atomic E-state index is -0.415. The summed E-state index contributed by atoms with van der Waals surface area (Å²) >= 11 is 1.33. The molecular weight excluding hydrogens is 412 g/mol. The second-order valence-corrected chi connectivity index (χ2v) is 9.03. The summed E-state index contributed by atoms with van der Waals surface area (Å²) in [7, 11) is 3.05. The van der Waals surface area contributed by atoms with Gasteiger partial charge in [-0.1, -0.05) is 30.3 Å². The number of carbonyl (C=O) groups excluding carboxylic acids is 1. The summed E-state index contributed by atoms with van der Waals surface area (Å²) in [6, 6.07) is 12.2. The maximum absolute atomic E-state index is 12.8. The molecule has 0 atom stereocenters. The average molecular weight is 439 g/mol. The van der Waals surface area contributed by atoms with Gasteiger partial charge in [-0.3, -0.25) is 18.7 Å². The molecule has 7 nitrogen and oxygen atoms in total. The summed E-state index contributed by atoms with van der Waals surface area (Å²) in [5, 5.41) is 0.381. The van der Waals surface area contributed by atoms with Crippen LogP contribution < -0.4 is 11.2 Å². The SMILES string of the molecule is Cn1c(=O)c2c(SCC(=O)N3CCC(Cc4ccccc4)CC3)ccnc2n(C)c1=O. The first-order valence-electron chi connectivity index (χ1n) is 10.4. The van der Waals surface area contributed by atoms with Crippen LogP contribution in [0.1, 0.15) is 18.4 Å². The molecule has 1 aliphatic rings. The summed E-state index contributed by atoms with van der Waals surface area (Å²) in [5.74, 6) is 0.941. The van der Waals surface area contributed by atoms with E-state index in [0.29, 0.717) is 21.8 Å².